The number of rotatable bonds is 2. The van der Waals surface area contributed by atoms with Gasteiger partial charge in [-0.1, -0.05) is 11.6 Å². The van der Waals surface area contributed by atoms with Crippen LogP contribution in [0.2, 0.25) is 5.02 Å². The van der Waals surface area contributed by atoms with Crippen LogP contribution in [0.3, 0.4) is 0 Å². The largest absolute Gasteiger partial charge is 0.489 e. The molecule has 0 radical (unpaired) electrons. The number of amides is 1. The lowest BCUT2D eigenvalue weighted by Crippen LogP contribution is -2.41. The Labute approximate surface area is 109 Å². The SMILES string of the molecule is O=C(O)N1CCC(Oc2ccc(F)cc2Cl)CC1. The normalized spacial score (nSPS) is 16.7. The number of benzene rings is 1. The first-order valence-electron chi connectivity index (χ1n) is 5.66. The van der Waals surface area contributed by atoms with Crippen molar-refractivity contribution >= 4 is 17.7 Å². The lowest BCUT2D eigenvalue weighted by molar-refractivity contribution is 0.0894. The molecule has 1 saturated heterocycles. The maximum Gasteiger partial charge on any atom is 0.407 e. The number of carboxylic acid groups (broad SMARTS) is 1. The van der Waals surface area contributed by atoms with Crippen molar-refractivity contribution in [2.75, 3.05) is 13.1 Å². The second-order valence-corrected chi connectivity index (χ2v) is 4.57. The van der Waals surface area contributed by atoms with E-state index in [4.69, 9.17) is 21.4 Å². The highest BCUT2D eigenvalue weighted by Crippen LogP contribution is 2.27. The second-order valence-electron chi connectivity index (χ2n) is 4.16. The van der Waals surface area contributed by atoms with Crippen LogP contribution in [0, 0.1) is 5.82 Å². The molecule has 1 fully saturated rings. The van der Waals surface area contributed by atoms with Crippen LogP contribution in [0.25, 0.3) is 0 Å². The van der Waals surface area contributed by atoms with E-state index in [0.717, 1.165) is 0 Å². The van der Waals surface area contributed by atoms with Gasteiger partial charge in [-0.05, 0) is 18.2 Å². The summed E-state index contributed by atoms with van der Waals surface area (Å²) in [5.74, 6) is 0.0277. The molecule has 0 spiro atoms. The Morgan fingerprint density at radius 1 is 1.44 bits per heavy atom. The van der Waals surface area contributed by atoms with Gasteiger partial charge in [0.05, 0.1) is 5.02 Å². The molecule has 1 N–H and O–H groups in total. The molecule has 0 bridgehead atoms. The van der Waals surface area contributed by atoms with Gasteiger partial charge in [0.1, 0.15) is 17.7 Å². The van der Waals surface area contributed by atoms with Gasteiger partial charge in [0, 0.05) is 25.9 Å². The van der Waals surface area contributed by atoms with Gasteiger partial charge in [0.15, 0.2) is 0 Å². The molecule has 0 aromatic heterocycles. The quantitative estimate of drug-likeness (QED) is 0.901. The molecule has 1 amide bonds. The van der Waals surface area contributed by atoms with Gasteiger partial charge in [-0.2, -0.15) is 0 Å². The molecule has 4 nitrogen and oxygen atoms in total. The van der Waals surface area contributed by atoms with Crippen LogP contribution in [-0.4, -0.2) is 35.3 Å². The summed E-state index contributed by atoms with van der Waals surface area (Å²) in [7, 11) is 0. The van der Waals surface area contributed by atoms with Gasteiger partial charge >= 0.3 is 6.09 Å². The molecule has 18 heavy (non-hydrogen) atoms. The van der Waals surface area contributed by atoms with Gasteiger partial charge < -0.3 is 14.7 Å². The van der Waals surface area contributed by atoms with Gasteiger partial charge in [-0.25, -0.2) is 9.18 Å². The van der Waals surface area contributed by atoms with Crippen LogP contribution in [0.1, 0.15) is 12.8 Å². The molecule has 1 aliphatic heterocycles. The molecule has 1 aliphatic rings. The van der Waals surface area contributed by atoms with E-state index in [2.05, 4.69) is 0 Å². The fourth-order valence-corrected chi connectivity index (χ4v) is 2.13. The van der Waals surface area contributed by atoms with Gasteiger partial charge in [-0.15, -0.1) is 0 Å². The van der Waals surface area contributed by atoms with Gasteiger partial charge in [-0.3, -0.25) is 0 Å². The zero-order chi connectivity index (χ0) is 13.1. The van der Waals surface area contributed by atoms with Crippen molar-refractivity contribution < 1.29 is 19.0 Å². The van der Waals surface area contributed by atoms with Crippen LogP contribution in [-0.2, 0) is 0 Å². The van der Waals surface area contributed by atoms with E-state index >= 15 is 0 Å². The first-order valence-corrected chi connectivity index (χ1v) is 6.03. The summed E-state index contributed by atoms with van der Waals surface area (Å²) in [5.41, 5.74) is 0. The van der Waals surface area contributed by atoms with Gasteiger partial charge in [0.25, 0.3) is 0 Å². The number of likely N-dealkylation sites (tertiary alicyclic amines) is 1. The highest BCUT2D eigenvalue weighted by molar-refractivity contribution is 6.32. The first-order chi connectivity index (χ1) is 8.56. The number of hydrogen-bond acceptors (Lipinski definition) is 2. The number of ether oxygens (including phenoxy) is 1. The fourth-order valence-electron chi connectivity index (χ4n) is 1.92. The third-order valence-corrected chi connectivity index (χ3v) is 3.20. The lowest BCUT2D eigenvalue weighted by Gasteiger charge is -2.30. The van der Waals surface area contributed by atoms with Crippen LogP contribution >= 0.6 is 11.6 Å². The van der Waals surface area contributed by atoms with Crippen molar-refractivity contribution in [3.05, 3.63) is 29.0 Å². The van der Waals surface area contributed by atoms with E-state index in [1.165, 1.54) is 23.1 Å². The molecule has 0 atom stereocenters. The molecule has 1 aromatic carbocycles. The maximum atomic E-state index is 12.9. The molecule has 1 heterocycles. The molecule has 2 rings (SSSR count). The molecular weight excluding hydrogens is 261 g/mol. The van der Waals surface area contributed by atoms with Crippen molar-refractivity contribution in [2.45, 2.75) is 18.9 Å². The number of nitrogens with zero attached hydrogens (tertiary/aromatic N) is 1. The van der Waals surface area contributed by atoms with E-state index in [1.54, 1.807) is 0 Å². The minimum absolute atomic E-state index is 0.0800. The fraction of sp³-hybridized carbons (Fsp3) is 0.417. The average Bonchev–Trinajstić information content (AvgIpc) is 2.33. The number of hydrogen-bond donors (Lipinski definition) is 1. The summed E-state index contributed by atoms with van der Waals surface area (Å²) in [4.78, 5) is 12.1. The monoisotopic (exact) mass is 273 g/mol. The van der Waals surface area contributed by atoms with E-state index < -0.39 is 11.9 Å². The smallest absolute Gasteiger partial charge is 0.407 e. The lowest BCUT2D eigenvalue weighted by atomic mass is 10.1. The Kier molecular flexibility index (Phi) is 3.91. The Morgan fingerprint density at radius 3 is 2.67 bits per heavy atom. The van der Waals surface area contributed by atoms with E-state index in [1.807, 2.05) is 0 Å². The van der Waals surface area contributed by atoms with Crippen molar-refractivity contribution in [3.63, 3.8) is 0 Å². The predicted octanol–water partition coefficient (Wildman–Crippen LogP) is 3.00. The van der Waals surface area contributed by atoms with Crippen molar-refractivity contribution in [3.8, 4) is 5.75 Å². The Balaban J connectivity index is 1.93. The Morgan fingerprint density at radius 2 is 2.11 bits per heavy atom. The minimum atomic E-state index is -0.909. The Hall–Kier alpha value is -1.49. The van der Waals surface area contributed by atoms with Crippen LogP contribution in [0.5, 0.6) is 5.75 Å². The third kappa shape index (κ3) is 3.04. The molecule has 0 aliphatic carbocycles. The summed E-state index contributed by atoms with van der Waals surface area (Å²) < 4.78 is 18.5. The first kappa shape index (κ1) is 13.0. The van der Waals surface area contributed by atoms with Crippen molar-refractivity contribution in [1.82, 2.24) is 4.90 Å². The topological polar surface area (TPSA) is 49.8 Å². The van der Waals surface area contributed by atoms with E-state index in [0.29, 0.717) is 31.7 Å². The zero-order valence-electron chi connectivity index (χ0n) is 9.60. The molecule has 98 valence electrons. The van der Waals surface area contributed by atoms with Crippen LogP contribution < -0.4 is 4.74 Å². The Bertz CT molecular complexity index is 447. The number of halogens is 2. The second kappa shape index (κ2) is 5.44. The van der Waals surface area contributed by atoms with Crippen molar-refractivity contribution in [1.29, 1.82) is 0 Å². The van der Waals surface area contributed by atoms with Crippen LogP contribution in [0.15, 0.2) is 18.2 Å². The molecule has 0 saturated carbocycles. The standard InChI is InChI=1S/C12H13ClFNO3/c13-10-7-8(14)1-2-11(10)18-9-3-5-15(6-4-9)12(16)17/h1-2,7,9H,3-6H2,(H,16,17). The highest BCUT2D eigenvalue weighted by Gasteiger charge is 2.23. The van der Waals surface area contributed by atoms with Crippen LogP contribution in [0.4, 0.5) is 9.18 Å². The summed E-state index contributed by atoms with van der Waals surface area (Å²) in [6.45, 7) is 0.887. The summed E-state index contributed by atoms with van der Waals surface area (Å²) in [6, 6.07) is 3.97. The molecular formula is C12H13ClFNO3. The summed E-state index contributed by atoms with van der Waals surface area (Å²) >= 11 is 5.86. The average molecular weight is 274 g/mol. The van der Waals surface area contributed by atoms with Crippen molar-refractivity contribution in [2.24, 2.45) is 0 Å². The van der Waals surface area contributed by atoms with Gasteiger partial charge in [0.2, 0.25) is 0 Å². The van der Waals surface area contributed by atoms with E-state index in [-0.39, 0.29) is 11.1 Å². The predicted molar refractivity (Wildman–Crippen MR) is 64.7 cm³/mol. The molecule has 1 aromatic rings. The summed E-state index contributed by atoms with van der Waals surface area (Å²) in [5, 5.41) is 9.04. The zero-order valence-corrected chi connectivity index (χ0v) is 10.4. The third-order valence-electron chi connectivity index (χ3n) is 2.90. The maximum absolute atomic E-state index is 12.9. The molecule has 6 heteroatoms. The summed E-state index contributed by atoms with van der Waals surface area (Å²) in [6.07, 6.45) is 0.233. The minimum Gasteiger partial charge on any atom is -0.489 e. The molecule has 0 unspecified atom stereocenters. The number of carbonyl (C=O) groups is 1. The van der Waals surface area contributed by atoms with E-state index in [9.17, 15) is 9.18 Å². The number of piperidine rings is 1. The highest BCUT2D eigenvalue weighted by atomic mass is 35.5.